The molecule has 0 bridgehead atoms. The van der Waals surface area contributed by atoms with Crippen molar-refractivity contribution in [3.63, 3.8) is 0 Å². The predicted molar refractivity (Wildman–Crippen MR) is 74.1 cm³/mol. The number of nitrogen functional groups attached to an aromatic ring is 1. The minimum atomic E-state index is -3.79. The quantitative estimate of drug-likeness (QED) is 0.776. The van der Waals surface area contributed by atoms with E-state index in [1.54, 1.807) is 26.8 Å². The van der Waals surface area contributed by atoms with Gasteiger partial charge in [-0.15, -0.1) is 0 Å². The van der Waals surface area contributed by atoms with Crippen molar-refractivity contribution >= 4 is 21.6 Å². The third-order valence-corrected chi connectivity index (χ3v) is 5.20. The minimum absolute atomic E-state index is 0.147. The van der Waals surface area contributed by atoms with Gasteiger partial charge in [-0.25, -0.2) is 8.42 Å². The van der Waals surface area contributed by atoms with Crippen molar-refractivity contribution in [3.05, 3.63) is 22.8 Å². The Kier molecular flexibility index (Phi) is 4.21. The molecule has 1 amide bonds. The Labute approximate surface area is 113 Å². The molecule has 0 heterocycles. The second kappa shape index (κ2) is 5.18. The van der Waals surface area contributed by atoms with E-state index in [4.69, 9.17) is 11.5 Å². The fraction of sp³-hybridized carbons (Fsp3) is 0.417. The molecule has 0 saturated carbocycles. The lowest BCUT2D eigenvalue weighted by molar-refractivity contribution is -0.118. The highest BCUT2D eigenvalue weighted by molar-refractivity contribution is 7.89. The zero-order valence-electron chi connectivity index (χ0n) is 11.5. The summed E-state index contributed by atoms with van der Waals surface area (Å²) in [5, 5.41) is 0. The van der Waals surface area contributed by atoms with Crippen LogP contribution in [0, 0.1) is 20.8 Å². The molecule has 0 aromatic heterocycles. The normalized spacial score (nSPS) is 11.8. The first kappa shape index (κ1) is 15.5. The third-order valence-electron chi connectivity index (χ3n) is 3.12. The van der Waals surface area contributed by atoms with Gasteiger partial charge in [-0.3, -0.25) is 4.79 Å². The molecule has 1 aromatic carbocycles. The van der Waals surface area contributed by atoms with Crippen LogP contribution in [0.5, 0.6) is 0 Å². The molecule has 0 atom stereocenters. The molecule has 0 aliphatic heterocycles. The van der Waals surface area contributed by atoms with Crippen LogP contribution in [0.1, 0.15) is 16.7 Å². The van der Waals surface area contributed by atoms with Crippen LogP contribution in [0.3, 0.4) is 0 Å². The summed E-state index contributed by atoms with van der Waals surface area (Å²) in [5.74, 6) is -0.706. The highest BCUT2D eigenvalue weighted by atomic mass is 32.2. The molecule has 6 nitrogen and oxygen atoms in total. The van der Waals surface area contributed by atoms with E-state index in [1.807, 2.05) is 0 Å². The molecular formula is C12H19N3O3S. The Morgan fingerprint density at radius 2 is 1.79 bits per heavy atom. The lowest BCUT2D eigenvalue weighted by Gasteiger charge is -2.20. The number of hydrogen-bond donors (Lipinski definition) is 2. The van der Waals surface area contributed by atoms with E-state index in [9.17, 15) is 13.2 Å². The number of primary amides is 1. The number of sulfonamides is 1. The predicted octanol–water partition coefficient (Wildman–Crippen LogP) is 0.300. The van der Waals surface area contributed by atoms with Crippen molar-refractivity contribution in [2.45, 2.75) is 25.7 Å². The Morgan fingerprint density at radius 3 is 2.26 bits per heavy atom. The largest absolute Gasteiger partial charge is 0.398 e. The first-order chi connectivity index (χ1) is 8.59. The van der Waals surface area contributed by atoms with Crippen LogP contribution >= 0.6 is 0 Å². The summed E-state index contributed by atoms with van der Waals surface area (Å²) in [6.07, 6.45) is 0. The molecule has 0 spiro atoms. The molecule has 1 rings (SSSR count). The molecule has 0 unspecified atom stereocenters. The number of benzene rings is 1. The van der Waals surface area contributed by atoms with Crippen LogP contribution in [0.4, 0.5) is 5.69 Å². The van der Waals surface area contributed by atoms with Crippen LogP contribution in [-0.4, -0.2) is 32.2 Å². The summed E-state index contributed by atoms with van der Waals surface area (Å²) >= 11 is 0. The molecule has 7 heteroatoms. The number of carbonyl (C=O) groups is 1. The van der Waals surface area contributed by atoms with Crippen LogP contribution < -0.4 is 11.5 Å². The lowest BCUT2D eigenvalue weighted by Crippen LogP contribution is -2.36. The number of anilines is 1. The lowest BCUT2D eigenvalue weighted by atomic mass is 10.1. The maximum atomic E-state index is 12.5. The van der Waals surface area contributed by atoms with Gasteiger partial charge >= 0.3 is 0 Å². The average molecular weight is 285 g/mol. The molecule has 106 valence electrons. The van der Waals surface area contributed by atoms with Crippen molar-refractivity contribution in [1.29, 1.82) is 0 Å². The first-order valence-corrected chi connectivity index (χ1v) is 7.14. The van der Waals surface area contributed by atoms with Gasteiger partial charge in [-0.05, 0) is 43.5 Å². The van der Waals surface area contributed by atoms with Crippen molar-refractivity contribution in [1.82, 2.24) is 4.31 Å². The van der Waals surface area contributed by atoms with E-state index < -0.39 is 15.9 Å². The van der Waals surface area contributed by atoms with Crippen molar-refractivity contribution in [2.75, 3.05) is 19.3 Å². The monoisotopic (exact) mass is 285 g/mol. The second-order valence-electron chi connectivity index (χ2n) is 4.59. The van der Waals surface area contributed by atoms with Crippen LogP contribution in [0.25, 0.3) is 0 Å². The van der Waals surface area contributed by atoms with E-state index in [2.05, 4.69) is 0 Å². The van der Waals surface area contributed by atoms with Gasteiger partial charge in [0, 0.05) is 12.7 Å². The molecule has 1 aromatic rings. The number of amides is 1. The maximum absolute atomic E-state index is 12.5. The average Bonchev–Trinajstić information content (AvgIpc) is 2.25. The van der Waals surface area contributed by atoms with Gasteiger partial charge in [0.2, 0.25) is 15.9 Å². The fourth-order valence-electron chi connectivity index (χ4n) is 1.89. The van der Waals surface area contributed by atoms with E-state index in [1.165, 1.54) is 7.05 Å². The number of hydrogen-bond acceptors (Lipinski definition) is 4. The Morgan fingerprint density at radius 1 is 1.26 bits per heavy atom. The smallest absolute Gasteiger partial charge is 0.243 e. The topological polar surface area (TPSA) is 106 Å². The maximum Gasteiger partial charge on any atom is 0.243 e. The van der Waals surface area contributed by atoms with Gasteiger partial charge in [0.25, 0.3) is 0 Å². The van der Waals surface area contributed by atoms with Crippen molar-refractivity contribution in [3.8, 4) is 0 Å². The molecule has 0 aliphatic rings. The number of carbonyl (C=O) groups excluding carboxylic acids is 1. The summed E-state index contributed by atoms with van der Waals surface area (Å²) in [4.78, 5) is 11.0. The zero-order chi connectivity index (χ0) is 15.0. The molecule has 0 saturated heterocycles. The molecule has 0 aliphatic carbocycles. The summed E-state index contributed by atoms with van der Waals surface area (Å²) in [6, 6.07) is 1.73. The van der Waals surface area contributed by atoms with Gasteiger partial charge in [0.1, 0.15) is 0 Å². The highest BCUT2D eigenvalue weighted by Gasteiger charge is 2.27. The van der Waals surface area contributed by atoms with Gasteiger partial charge < -0.3 is 11.5 Å². The SMILES string of the molecule is Cc1cc(N)c(C)c(S(=O)(=O)N(C)CC(N)=O)c1C. The Hall–Kier alpha value is -1.60. The van der Waals surface area contributed by atoms with E-state index in [0.29, 0.717) is 16.8 Å². The van der Waals surface area contributed by atoms with Crippen LogP contribution in [0.2, 0.25) is 0 Å². The minimum Gasteiger partial charge on any atom is -0.398 e. The van der Waals surface area contributed by atoms with Gasteiger partial charge in [0.05, 0.1) is 11.4 Å². The van der Waals surface area contributed by atoms with E-state index in [0.717, 1.165) is 9.87 Å². The van der Waals surface area contributed by atoms with Crippen molar-refractivity contribution < 1.29 is 13.2 Å². The summed E-state index contributed by atoms with van der Waals surface area (Å²) in [7, 11) is -2.47. The van der Waals surface area contributed by atoms with Crippen LogP contribution in [0.15, 0.2) is 11.0 Å². The summed E-state index contributed by atoms with van der Waals surface area (Å²) in [5.41, 5.74) is 13.2. The number of aryl methyl sites for hydroxylation is 1. The third kappa shape index (κ3) is 2.87. The van der Waals surface area contributed by atoms with Gasteiger partial charge in [0.15, 0.2) is 0 Å². The van der Waals surface area contributed by atoms with Gasteiger partial charge in [-0.1, -0.05) is 0 Å². The standard InChI is InChI=1S/C12H19N3O3S/c1-7-5-10(13)9(3)12(8(7)2)19(17,18)15(4)6-11(14)16/h5H,6,13H2,1-4H3,(H2,14,16). The summed E-state index contributed by atoms with van der Waals surface area (Å²) < 4.78 is 25.9. The van der Waals surface area contributed by atoms with Crippen LogP contribution in [-0.2, 0) is 14.8 Å². The number of likely N-dealkylation sites (N-methyl/N-ethyl adjacent to an activating group) is 1. The fourth-order valence-corrected chi connectivity index (χ4v) is 3.55. The molecular weight excluding hydrogens is 266 g/mol. The number of nitrogens with zero attached hydrogens (tertiary/aromatic N) is 1. The Bertz CT molecular complexity index is 597. The first-order valence-electron chi connectivity index (χ1n) is 5.70. The molecule has 19 heavy (non-hydrogen) atoms. The molecule has 0 radical (unpaired) electrons. The highest BCUT2D eigenvalue weighted by Crippen LogP contribution is 2.29. The second-order valence-corrected chi connectivity index (χ2v) is 6.57. The Balaban J connectivity index is 3.49. The van der Waals surface area contributed by atoms with Crippen molar-refractivity contribution in [2.24, 2.45) is 5.73 Å². The summed E-state index contributed by atoms with van der Waals surface area (Å²) in [6.45, 7) is 4.78. The van der Waals surface area contributed by atoms with Gasteiger partial charge in [-0.2, -0.15) is 4.31 Å². The number of nitrogens with two attached hydrogens (primary N) is 2. The van der Waals surface area contributed by atoms with E-state index in [-0.39, 0.29) is 11.4 Å². The zero-order valence-corrected chi connectivity index (χ0v) is 12.3. The van der Waals surface area contributed by atoms with E-state index >= 15 is 0 Å². The molecule has 4 N–H and O–H groups in total. The molecule has 0 fully saturated rings. The number of rotatable bonds is 4.